The molecule has 1 aliphatic rings. The Morgan fingerprint density at radius 1 is 1.26 bits per heavy atom. The molecule has 5 rings (SSSR count). The lowest BCUT2D eigenvalue weighted by molar-refractivity contribution is 0.0963. The Morgan fingerprint density at radius 2 is 2.11 bits per heavy atom. The van der Waals surface area contributed by atoms with Gasteiger partial charge in [-0.25, -0.2) is 14.5 Å². The van der Waals surface area contributed by atoms with Crippen molar-refractivity contribution in [1.82, 2.24) is 29.3 Å². The predicted octanol–water partition coefficient (Wildman–Crippen LogP) is 3.27. The van der Waals surface area contributed by atoms with Crippen molar-refractivity contribution in [2.24, 2.45) is 5.73 Å². The predicted molar refractivity (Wildman–Crippen MR) is 133 cm³/mol. The Hall–Kier alpha value is -4.15. The summed E-state index contributed by atoms with van der Waals surface area (Å²) >= 11 is 0. The molecule has 4 heterocycles. The van der Waals surface area contributed by atoms with E-state index in [2.05, 4.69) is 35.3 Å². The molecule has 1 aliphatic heterocycles. The van der Waals surface area contributed by atoms with Crippen molar-refractivity contribution in [2.45, 2.75) is 45.4 Å². The zero-order valence-corrected chi connectivity index (χ0v) is 19.8. The molecule has 1 unspecified atom stereocenters. The van der Waals surface area contributed by atoms with Crippen LogP contribution in [0.3, 0.4) is 0 Å². The maximum Gasteiger partial charge on any atom is 0.404 e. The second-order valence-corrected chi connectivity index (χ2v) is 8.87. The van der Waals surface area contributed by atoms with Crippen LogP contribution < -0.4 is 16.0 Å². The summed E-state index contributed by atoms with van der Waals surface area (Å²) in [7, 11) is 0. The first-order valence-corrected chi connectivity index (χ1v) is 11.8. The standard InChI is InChI=1S/C24H29N9O2/c1-16(2)32-15-27-20-21(26-13-17-7-3-4-9-19(17)33-12-6-10-28-33)29-24(30-22(20)32)31-11-5-8-18(14-31)35-23(25)34/h3-4,6-7,9-10,12,15-16,18H,5,8,11,13-14H2,1-2H3,(H2,25,34)(H,26,29,30). The molecule has 11 nitrogen and oxygen atoms in total. The topological polar surface area (TPSA) is 129 Å². The van der Waals surface area contributed by atoms with E-state index in [-0.39, 0.29) is 12.1 Å². The number of hydrogen-bond acceptors (Lipinski definition) is 8. The zero-order chi connectivity index (χ0) is 24.4. The molecule has 1 atom stereocenters. The van der Waals surface area contributed by atoms with E-state index in [0.29, 0.717) is 30.4 Å². The number of imidazole rings is 1. The minimum Gasteiger partial charge on any atom is -0.445 e. The number of carbonyl (C=O) groups is 1. The Kier molecular flexibility index (Phi) is 6.21. The van der Waals surface area contributed by atoms with E-state index in [9.17, 15) is 4.79 Å². The normalized spacial score (nSPS) is 16.1. The number of rotatable bonds is 7. The van der Waals surface area contributed by atoms with E-state index < -0.39 is 6.09 Å². The Bertz CT molecular complexity index is 1320. The van der Waals surface area contributed by atoms with Crippen molar-refractivity contribution in [3.63, 3.8) is 0 Å². The number of aromatic nitrogens is 6. The molecule has 1 fully saturated rings. The highest BCUT2D eigenvalue weighted by molar-refractivity contribution is 5.84. The van der Waals surface area contributed by atoms with Crippen molar-refractivity contribution < 1.29 is 9.53 Å². The number of amides is 1. The highest BCUT2D eigenvalue weighted by atomic mass is 16.6. The number of nitrogens with one attached hydrogen (secondary N) is 1. The van der Waals surface area contributed by atoms with Gasteiger partial charge in [0.05, 0.1) is 18.6 Å². The van der Waals surface area contributed by atoms with Crippen molar-refractivity contribution in [2.75, 3.05) is 23.3 Å². The minimum atomic E-state index is -0.760. The number of nitrogens with zero attached hydrogens (tertiary/aromatic N) is 7. The lowest BCUT2D eigenvalue weighted by atomic mass is 10.1. The van der Waals surface area contributed by atoms with Gasteiger partial charge in [0.2, 0.25) is 5.95 Å². The van der Waals surface area contributed by atoms with E-state index in [1.54, 1.807) is 12.5 Å². The van der Waals surface area contributed by atoms with Crippen LogP contribution in [0, 0.1) is 0 Å². The summed E-state index contributed by atoms with van der Waals surface area (Å²) in [6.45, 7) is 5.97. The Labute approximate surface area is 202 Å². The summed E-state index contributed by atoms with van der Waals surface area (Å²) in [6.07, 6.45) is 6.05. The quantitative estimate of drug-likeness (QED) is 0.417. The number of piperidine rings is 1. The van der Waals surface area contributed by atoms with Crippen LogP contribution in [0.4, 0.5) is 16.6 Å². The van der Waals surface area contributed by atoms with Crippen LogP contribution in [-0.2, 0) is 11.3 Å². The molecule has 11 heteroatoms. The molecule has 3 N–H and O–H groups in total. The monoisotopic (exact) mass is 475 g/mol. The van der Waals surface area contributed by atoms with E-state index in [4.69, 9.17) is 20.4 Å². The molecule has 1 saturated heterocycles. The number of nitrogens with two attached hydrogens (primary N) is 1. The van der Waals surface area contributed by atoms with E-state index in [0.717, 1.165) is 36.3 Å². The van der Waals surface area contributed by atoms with E-state index in [1.165, 1.54) is 0 Å². The molecule has 0 spiro atoms. The van der Waals surface area contributed by atoms with Gasteiger partial charge in [0.25, 0.3) is 0 Å². The molecular formula is C24H29N9O2. The smallest absolute Gasteiger partial charge is 0.404 e. The van der Waals surface area contributed by atoms with Crippen molar-refractivity contribution in [1.29, 1.82) is 0 Å². The Balaban J connectivity index is 1.48. The first-order chi connectivity index (χ1) is 17.0. The number of primary amides is 1. The molecule has 0 saturated carbocycles. The maximum atomic E-state index is 11.3. The van der Waals surface area contributed by atoms with Gasteiger partial charge in [-0.3, -0.25) is 0 Å². The Morgan fingerprint density at radius 3 is 2.89 bits per heavy atom. The molecule has 0 radical (unpaired) electrons. The zero-order valence-electron chi connectivity index (χ0n) is 19.8. The fourth-order valence-corrected chi connectivity index (χ4v) is 4.40. The van der Waals surface area contributed by atoms with Crippen molar-refractivity contribution >= 4 is 29.0 Å². The molecule has 4 aromatic rings. The van der Waals surface area contributed by atoms with Gasteiger partial charge >= 0.3 is 6.09 Å². The maximum absolute atomic E-state index is 11.3. The summed E-state index contributed by atoms with van der Waals surface area (Å²) in [6, 6.07) is 10.2. The van der Waals surface area contributed by atoms with Crippen LogP contribution in [0.1, 0.15) is 38.3 Å². The number of benzene rings is 1. The van der Waals surface area contributed by atoms with Gasteiger partial charge in [-0.15, -0.1) is 0 Å². The van der Waals surface area contributed by atoms with Crippen LogP contribution >= 0.6 is 0 Å². The van der Waals surface area contributed by atoms with Crippen LogP contribution in [0.2, 0.25) is 0 Å². The van der Waals surface area contributed by atoms with E-state index >= 15 is 0 Å². The van der Waals surface area contributed by atoms with Gasteiger partial charge < -0.3 is 25.3 Å². The first kappa shape index (κ1) is 22.6. The molecular weight excluding hydrogens is 446 g/mol. The van der Waals surface area contributed by atoms with Crippen molar-refractivity contribution in [3.05, 3.63) is 54.6 Å². The fourth-order valence-electron chi connectivity index (χ4n) is 4.40. The second kappa shape index (κ2) is 9.61. The van der Waals surface area contributed by atoms with Crippen LogP contribution in [0.5, 0.6) is 0 Å². The summed E-state index contributed by atoms with van der Waals surface area (Å²) in [5.41, 5.74) is 8.77. The van der Waals surface area contributed by atoms with Crippen molar-refractivity contribution in [3.8, 4) is 5.69 Å². The van der Waals surface area contributed by atoms with Crippen LogP contribution in [-0.4, -0.2) is 54.6 Å². The molecule has 182 valence electrons. The summed E-state index contributed by atoms with van der Waals surface area (Å²) in [4.78, 5) is 27.6. The average Bonchev–Trinajstić information content (AvgIpc) is 3.53. The van der Waals surface area contributed by atoms with Crippen LogP contribution in [0.25, 0.3) is 16.9 Å². The third kappa shape index (κ3) is 4.75. The lowest BCUT2D eigenvalue weighted by Crippen LogP contribution is -2.42. The SMILES string of the molecule is CC(C)n1cnc2c(NCc3ccccc3-n3cccn3)nc(N3CCCC(OC(N)=O)C3)nc21. The highest BCUT2D eigenvalue weighted by Gasteiger charge is 2.26. The average molecular weight is 476 g/mol. The minimum absolute atomic E-state index is 0.184. The number of ether oxygens (including phenoxy) is 1. The molecule has 1 amide bonds. The number of carbonyl (C=O) groups excluding carboxylic acids is 1. The number of para-hydroxylation sites is 1. The highest BCUT2D eigenvalue weighted by Crippen LogP contribution is 2.27. The van der Waals surface area contributed by atoms with E-state index in [1.807, 2.05) is 44.6 Å². The summed E-state index contributed by atoms with van der Waals surface area (Å²) in [5, 5.41) is 7.86. The second-order valence-electron chi connectivity index (χ2n) is 8.87. The van der Waals surface area contributed by atoms with Gasteiger partial charge in [-0.2, -0.15) is 15.1 Å². The third-order valence-corrected chi connectivity index (χ3v) is 6.10. The van der Waals surface area contributed by atoms with Gasteiger partial charge in [-0.05, 0) is 44.4 Å². The number of hydrogen-bond donors (Lipinski definition) is 2. The molecule has 35 heavy (non-hydrogen) atoms. The first-order valence-electron chi connectivity index (χ1n) is 11.8. The third-order valence-electron chi connectivity index (χ3n) is 6.10. The van der Waals surface area contributed by atoms with Gasteiger partial charge in [0, 0.05) is 31.5 Å². The molecule has 3 aromatic heterocycles. The van der Waals surface area contributed by atoms with Gasteiger partial charge in [-0.1, -0.05) is 18.2 Å². The molecule has 1 aromatic carbocycles. The van der Waals surface area contributed by atoms with Crippen LogP contribution in [0.15, 0.2) is 49.1 Å². The summed E-state index contributed by atoms with van der Waals surface area (Å²) in [5.74, 6) is 1.22. The fraction of sp³-hybridized carbons (Fsp3) is 0.375. The van der Waals surface area contributed by atoms with Gasteiger partial charge in [0.1, 0.15) is 6.10 Å². The molecule has 0 aliphatic carbocycles. The lowest BCUT2D eigenvalue weighted by Gasteiger charge is -2.32. The summed E-state index contributed by atoms with van der Waals surface area (Å²) < 4.78 is 9.14. The molecule has 0 bridgehead atoms. The number of anilines is 2. The number of fused-ring (bicyclic) bond motifs is 1. The largest absolute Gasteiger partial charge is 0.445 e. The van der Waals surface area contributed by atoms with Gasteiger partial charge in [0.15, 0.2) is 17.0 Å².